The molecule has 4 rings (SSSR count). The van der Waals surface area contributed by atoms with Crippen molar-refractivity contribution >= 4 is 29.3 Å². The summed E-state index contributed by atoms with van der Waals surface area (Å²) in [5, 5.41) is 14.7. The van der Waals surface area contributed by atoms with Gasteiger partial charge in [-0.25, -0.2) is 14.6 Å². The van der Waals surface area contributed by atoms with Gasteiger partial charge in [-0.3, -0.25) is 4.79 Å². The number of hydrogen-bond donors (Lipinski definition) is 3. The fourth-order valence-electron chi connectivity index (χ4n) is 3.82. The standard InChI is InChI=1S/C25H23N3O5S/c1-15(23(29)28-13-22-27-12-21(34-22)24(30)31)10-11-26-25(32)33-14-20-18-8-4-2-6-16(18)17-7-3-5-9-19(17)20/h2-10,12,20H,11,13-14H2,1H3,(H,26,32)(H,28,29)(H,30,31)/b15-10+. The molecule has 0 unspecified atom stereocenters. The van der Waals surface area contributed by atoms with Gasteiger partial charge in [-0.1, -0.05) is 54.6 Å². The number of carbonyl (C=O) groups is 3. The average molecular weight is 478 g/mol. The third kappa shape index (κ3) is 5.15. The van der Waals surface area contributed by atoms with Crippen LogP contribution in [0.5, 0.6) is 0 Å². The third-order valence-corrected chi connectivity index (χ3v) is 6.51. The van der Waals surface area contributed by atoms with Crippen molar-refractivity contribution < 1.29 is 24.2 Å². The van der Waals surface area contributed by atoms with Crippen molar-refractivity contribution in [2.45, 2.75) is 19.4 Å². The van der Waals surface area contributed by atoms with E-state index in [4.69, 9.17) is 9.84 Å². The zero-order chi connectivity index (χ0) is 24.1. The summed E-state index contributed by atoms with van der Waals surface area (Å²) < 4.78 is 5.47. The Morgan fingerprint density at radius 1 is 1.06 bits per heavy atom. The lowest BCUT2D eigenvalue weighted by Crippen LogP contribution is -2.28. The first kappa shape index (κ1) is 23.2. The van der Waals surface area contributed by atoms with E-state index in [0.717, 1.165) is 33.6 Å². The number of benzene rings is 2. The molecule has 3 N–H and O–H groups in total. The molecule has 1 aromatic heterocycles. The fraction of sp³-hybridized carbons (Fsp3) is 0.200. The largest absolute Gasteiger partial charge is 0.477 e. The molecule has 0 atom stereocenters. The highest BCUT2D eigenvalue weighted by Crippen LogP contribution is 2.44. The second-order valence-electron chi connectivity index (χ2n) is 7.70. The van der Waals surface area contributed by atoms with E-state index in [1.165, 1.54) is 6.20 Å². The quantitative estimate of drug-likeness (QED) is 0.423. The van der Waals surface area contributed by atoms with E-state index in [-0.39, 0.29) is 36.4 Å². The molecular formula is C25H23N3O5S. The van der Waals surface area contributed by atoms with Crippen LogP contribution < -0.4 is 10.6 Å². The molecular weight excluding hydrogens is 454 g/mol. The lowest BCUT2D eigenvalue weighted by molar-refractivity contribution is -0.117. The number of nitrogens with one attached hydrogen (secondary N) is 2. The van der Waals surface area contributed by atoms with Crippen molar-refractivity contribution in [1.29, 1.82) is 0 Å². The van der Waals surface area contributed by atoms with Gasteiger partial charge in [-0.05, 0) is 29.2 Å². The predicted molar refractivity (Wildman–Crippen MR) is 128 cm³/mol. The lowest BCUT2D eigenvalue weighted by Gasteiger charge is -2.14. The van der Waals surface area contributed by atoms with E-state index >= 15 is 0 Å². The number of thiazole rings is 1. The first-order chi connectivity index (χ1) is 16.4. The molecule has 0 bridgehead atoms. The molecule has 1 aliphatic rings. The van der Waals surface area contributed by atoms with Crippen LogP contribution in [0.1, 0.15) is 38.6 Å². The Morgan fingerprint density at radius 3 is 2.32 bits per heavy atom. The van der Waals surface area contributed by atoms with Crippen LogP contribution in [-0.4, -0.2) is 41.2 Å². The van der Waals surface area contributed by atoms with Crippen molar-refractivity contribution in [2.24, 2.45) is 0 Å². The molecule has 1 aliphatic carbocycles. The van der Waals surface area contributed by atoms with Crippen molar-refractivity contribution in [3.63, 3.8) is 0 Å². The predicted octanol–water partition coefficient (Wildman–Crippen LogP) is 3.94. The molecule has 0 radical (unpaired) electrons. The highest BCUT2D eigenvalue weighted by molar-refractivity contribution is 7.13. The van der Waals surface area contributed by atoms with E-state index in [1.807, 2.05) is 24.3 Å². The van der Waals surface area contributed by atoms with Gasteiger partial charge in [0.2, 0.25) is 5.91 Å². The maximum atomic E-state index is 12.2. The number of hydrogen-bond acceptors (Lipinski definition) is 6. The monoisotopic (exact) mass is 477 g/mol. The van der Waals surface area contributed by atoms with Gasteiger partial charge in [0.1, 0.15) is 16.5 Å². The molecule has 8 nitrogen and oxygen atoms in total. The number of rotatable bonds is 8. The second kappa shape index (κ2) is 10.3. The number of aromatic nitrogens is 1. The average Bonchev–Trinajstić information content (AvgIpc) is 3.44. The van der Waals surface area contributed by atoms with Crippen molar-refractivity contribution in [3.05, 3.63) is 87.4 Å². The molecule has 9 heteroatoms. The van der Waals surface area contributed by atoms with Gasteiger partial charge >= 0.3 is 12.1 Å². The van der Waals surface area contributed by atoms with Crippen LogP contribution in [0.4, 0.5) is 4.79 Å². The number of amides is 2. The summed E-state index contributed by atoms with van der Waals surface area (Å²) in [5.74, 6) is -1.40. The van der Waals surface area contributed by atoms with E-state index in [2.05, 4.69) is 39.9 Å². The number of aromatic carboxylic acids is 1. The zero-order valence-electron chi connectivity index (χ0n) is 18.4. The van der Waals surface area contributed by atoms with Crippen LogP contribution in [0.25, 0.3) is 11.1 Å². The minimum atomic E-state index is -1.05. The molecule has 0 saturated carbocycles. The Labute approximate surface area is 200 Å². The van der Waals surface area contributed by atoms with E-state index in [9.17, 15) is 14.4 Å². The SMILES string of the molecule is C/C(=C\CNC(=O)OCC1c2ccccc2-c2ccccc21)C(=O)NCc1ncc(C(=O)O)s1. The highest BCUT2D eigenvalue weighted by Gasteiger charge is 2.28. The maximum absolute atomic E-state index is 12.2. The molecule has 3 aromatic rings. The van der Waals surface area contributed by atoms with Gasteiger partial charge < -0.3 is 20.5 Å². The summed E-state index contributed by atoms with van der Waals surface area (Å²) in [5.41, 5.74) is 5.01. The molecule has 0 spiro atoms. The third-order valence-electron chi connectivity index (χ3n) is 5.52. The molecule has 2 amide bonds. The molecule has 0 aliphatic heterocycles. The van der Waals surface area contributed by atoms with Crippen LogP contribution in [0, 0.1) is 0 Å². The number of carboxylic acid groups (broad SMARTS) is 1. The van der Waals surface area contributed by atoms with Crippen LogP contribution >= 0.6 is 11.3 Å². The molecule has 1 heterocycles. The van der Waals surface area contributed by atoms with Gasteiger partial charge in [0.05, 0.1) is 12.7 Å². The molecule has 0 fully saturated rings. The number of fused-ring (bicyclic) bond motifs is 3. The van der Waals surface area contributed by atoms with E-state index in [1.54, 1.807) is 13.0 Å². The minimum Gasteiger partial charge on any atom is -0.477 e. The Morgan fingerprint density at radius 2 is 1.71 bits per heavy atom. The second-order valence-corrected chi connectivity index (χ2v) is 8.81. The molecule has 34 heavy (non-hydrogen) atoms. The van der Waals surface area contributed by atoms with Crippen molar-refractivity contribution in [3.8, 4) is 11.1 Å². The van der Waals surface area contributed by atoms with Crippen LogP contribution in [0.3, 0.4) is 0 Å². The highest BCUT2D eigenvalue weighted by atomic mass is 32.1. The molecule has 2 aromatic carbocycles. The Hall–Kier alpha value is -3.98. The number of carbonyl (C=O) groups excluding carboxylic acids is 2. The van der Waals surface area contributed by atoms with Crippen molar-refractivity contribution in [2.75, 3.05) is 13.2 Å². The molecule has 174 valence electrons. The summed E-state index contributed by atoms with van der Waals surface area (Å²) in [6.07, 6.45) is 2.28. The Balaban J connectivity index is 1.25. The summed E-state index contributed by atoms with van der Waals surface area (Å²) in [7, 11) is 0. The van der Waals surface area contributed by atoms with E-state index < -0.39 is 12.1 Å². The first-order valence-corrected chi connectivity index (χ1v) is 11.5. The Kier molecular flexibility index (Phi) is 7.03. The normalized spacial score (nSPS) is 12.6. The topological polar surface area (TPSA) is 118 Å². The van der Waals surface area contributed by atoms with Crippen LogP contribution in [0.15, 0.2) is 66.4 Å². The number of alkyl carbamates (subject to hydrolysis) is 1. The molecule has 0 saturated heterocycles. The summed E-state index contributed by atoms with van der Waals surface area (Å²) in [6, 6.07) is 16.2. The van der Waals surface area contributed by atoms with Gasteiger partial charge in [-0.15, -0.1) is 11.3 Å². The number of carboxylic acids is 1. The number of nitrogens with zero attached hydrogens (tertiary/aromatic N) is 1. The minimum absolute atomic E-state index is 0.0197. The number of ether oxygens (including phenoxy) is 1. The van der Waals surface area contributed by atoms with Crippen molar-refractivity contribution in [1.82, 2.24) is 15.6 Å². The van der Waals surface area contributed by atoms with Crippen LogP contribution in [0.2, 0.25) is 0 Å². The van der Waals surface area contributed by atoms with Gasteiger partial charge in [0.25, 0.3) is 0 Å². The Bertz CT molecular complexity index is 1220. The maximum Gasteiger partial charge on any atom is 0.407 e. The smallest absolute Gasteiger partial charge is 0.407 e. The zero-order valence-corrected chi connectivity index (χ0v) is 19.2. The summed E-state index contributed by atoms with van der Waals surface area (Å²) in [6.45, 7) is 2.10. The lowest BCUT2D eigenvalue weighted by atomic mass is 9.98. The van der Waals surface area contributed by atoms with Crippen LogP contribution in [-0.2, 0) is 16.1 Å². The van der Waals surface area contributed by atoms with Gasteiger partial charge in [0.15, 0.2) is 0 Å². The summed E-state index contributed by atoms with van der Waals surface area (Å²) in [4.78, 5) is 39.4. The summed E-state index contributed by atoms with van der Waals surface area (Å²) >= 11 is 1.01. The van der Waals surface area contributed by atoms with E-state index in [0.29, 0.717) is 10.6 Å². The van der Waals surface area contributed by atoms with Gasteiger partial charge in [-0.2, -0.15) is 0 Å². The first-order valence-electron chi connectivity index (χ1n) is 10.7. The van der Waals surface area contributed by atoms with Gasteiger partial charge in [0, 0.05) is 18.0 Å². The fourth-order valence-corrected chi connectivity index (χ4v) is 4.51.